The van der Waals surface area contributed by atoms with E-state index in [9.17, 15) is 4.79 Å². The van der Waals surface area contributed by atoms with Crippen molar-refractivity contribution < 1.29 is 27.0 Å². The third kappa shape index (κ3) is 15.0. The Kier molecular flexibility index (Phi) is 9.73. The first-order valence-corrected chi connectivity index (χ1v) is 7.84. The summed E-state index contributed by atoms with van der Waals surface area (Å²) in [6.07, 6.45) is 0.604. The van der Waals surface area contributed by atoms with E-state index in [1.165, 1.54) is 0 Å². The number of nitrogens with zero attached hydrogens (tertiary/aromatic N) is 1. The van der Waals surface area contributed by atoms with Gasteiger partial charge in [-0.25, -0.2) is 13.2 Å². The number of hydrogen-bond donors (Lipinski definition) is 0. The lowest BCUT2D eigenvalue weighted by Gasteiger charge is -2.31. The van der Waals surface area contributed by atoms with Crippen molar-refractivity contribution in [3.8, 4) is 0 Å². The molecule has 0 unspecified atom stereocenters. The average molecular weight is 295 g/mol. The van der Waals surface area contributed by atoms with Crippen LogP contribution in [0.15, 0.2) is 12.2 Å². The van der Waals surface area contributed by atoms with E-state index >= 15 is 0 Å². The van der Waals surface area contributed by atoms with Crippen molar-refractivity contribution in [3.05, 3.63) is 12.2 Å². The zero-order valence-corrected chi connectivity index (χ0v) is 13.2. The molecular weight excluding hydrogens is 270 g/mol. The summed E-state index contributed by atoms with van der Waals surface area (Å²) >= 11 is 0. The Morgan fingerprint density at radius 3 is 1.95 bits per heavy atom. The van der Waals surface area contributed by atoms with E-state index in [1.807, 2.05) is 0 Å². The van der Waals surface area contributed by atoms with Crippen LogP contribution in [0.25, 0.3) is 0 Å². The van der Waals surface area contributed by atoms with Gasteiger partial charge < -0.3 is 13.8 Å². The maximum absolute atomic E-state index is 11.1. The number of hydrogen-bond acceptors (Lipinski definition) is 5. The molecule has 0 spiro atoms. The quantitative estimate of drug-likeness (QED) is 0.312. The first-order valence-electron chi connectivity index (χ1n) is 6.02. The van der Waals surface area contributed by atoms with Crippen molar-refractivity contribution in [3.63, 3.8) is 0 Å². The van der Waals surface area contributed by atoms with Gasteiger partial charge in [-0.05, 0) is 20.8 Å². The lowest BCUT2D eigenvalue weighted by molar-refractivity contribution is -0.906. The Hall–Kier alpha value is -0.920. The number of carbonyl (C=O) groups excluding carboxylic acids is 1. The third-order valence-corrected chi connectivity index (χ3v) is 2.74. The fraction of sp³-hybridized carbons (Fsp3) is 0.750. The normalized spacial score (nSPS) is 11.3. The number of ether oxygens (including phenoxy) is 1. The topological polar surface area (TPSA) is 83.5 Å². The Morgan fingerprint density at radius 1 is 1.32 bits per heavy atom. The summed E-state index contributed by atoms with van der Waals surface area (Å²) < 4.78 is 33.2. The summed E-state index contributed by atoms with van der Waals surface area (Å²) in [6, 6.07) is 0. The van der Waals surface area contributed by atoms with Gasteiger partial charge in [0.1, 0.15) is 13.2 Å². The van der Waals surface area contributed by atoms with Gasteiger partial charge in [-0.15, -0.1) is 0 Å². The molecule has 0 rings (SSSR count). The second-order valence-corrected chi connectivity index (χ2v) is 6.00. The van der Waals surface area contributed by atoms with Gasteiger partial charge in [-0.1, -0.05) is 6.58 Å². The summed E-state index contributed by atoms with van der Waals surface area (Å²) in [7, 11) is -1.76. The van der Waals surface area contributed by atoms with Gasteiger partial charge in [0, 0.05) is 11.8 Å². The summed E-state index contributed by atoms with van der Waals surface area (Å²) in [5.41, 5.74) is 0.465. The lowest BCUT2D eigenvalue weighted by atomic mass is 10.3. The molecule has 0 radical (unpaired) electrons. The predicted octanol–water partition coefficient (Wildman–Crippen LogP) is 0.754. The summed E-state index contributed by atoms with van der Waals surface area (Å²) in [5.74, 6) is -0.288. The summed E-state index contributed by atoms with van der Waals surface area (Å²) in [4.78, 5) is 11.1. The first-order chi connectivity index (χ1) is 8.45. The van der Waals surface area contributed by atoms with E-state index in [2.05, 4.69) is 27.5 Å². The van der Waals surface area contributed by atoms with Crippen LogP contribution in [0.2, 0.25) is 0 Å². The van der Waals surface area contributed by atoms with Gasteiger partial charge in [-0.3, -0.25) is 0 Å². The fourth-order valence-electron chi connectivity index (χ4n) is 1.02. The van der Waals surface area contributed by atoms with Crippen LogP contribution in [-0.4, -0.2) is 63.0 Å². The molecule has 0 aliphatic heterocycles. The Bertz CT molecular complexity index is 377. The minimum Gasteiger partial charge on any atom is -0.748 e. The van der Waals surface area contributed by atoms with Crippen LogP contribution in [0.4, 0.5) is 0 Å². The molecule has 0 fully saturated rings. The average Bonchev–Trinajstić information content (AvgIpc) is 2.26. The number of likely N-dealkylation sites (N-methyl/N-ethyl adjacent to an activating group) is 1. The highest BCUT2D eigenvalue weighted by molar-refractivity contribution is 7.84. The van der Waals surface area contributed by atoms with E-state index in [0.717, 1.165) is 24.1 Å². The molecule has 0 heterocycles. The van der Waals surface area contributed by atoms with Crippen LogP contribution in [0, 0.1) is 0 Å². The van der Waals surface area contributed by atoms with E-state index in [4.69, 9.17) is 17.7 Å². The van der Waals surface area contributed by atoms with Crippen LogP contribution in [-0.2, 0) is 19.6 Å². The summed E-state index contributed by atoms with van der Waals surface area (Å²) in [6.45, 7) is 12.9. The van der Waals surface area contributed by atoms with Gasteiger partial charge in [0.2, 0.25) is 0 Å². The molecule has 0 aromatic rings. The van der Waals surface area contributed by atoms with Crippen molar-refractivity contribution >= 4 is 16.1 Å². The largest absolute Gasteiger partial charge is 0.748 e. The number of quaternary nitrogens is 1. The number of rotatable bonds is 6. The van der Waals surface area contributed by atoms with Gasteiger partial charge in [0.25, 0.3) is 0 Å². The maximum atomic E-state index is 11.1. The second-order valence-electron chi connectivity index (χ2n) is 4.60. The predicted molar refractivity (Wildman–Crippen MR) is 73.5 cm³/mol. The summed E-state index contributed by atoms with van der Waals surface area (Å²) in [5, 5.41) is 0. The molecule has 0 N–H and O–H groups in total. The number of carbonyl (C=O) groups is 1. The van der Waals surface area contributed by atoms with Crippen LogP contribution in [0.3, 0.4) is 0 Å². The van der Waals surface area contributed by atoms with Crippen LogP contribution in [0.1, 0.15) is 20.8 Å². The van der Waals surface area contributed by atoms with Crippen molar-refractivity contribution in [2.75, 3.05) is 39.5 Å². The highest BCUT2D eigenvalue weighted by Gasteiger charge is 2.16. The molecular formula is C12H25NO5S. The number of esters is 1. The Labute approximate surface area is 116 Å². The molecule has 0 aromatic carbocycles. The molecule has 114 valence electrons. The standard InChI is InChI=1S/C11H22NO2.CH4O3S/c1-6-12(5,7-2)8-9-14-11(13)10(3)4;1-5(2,3)4/h3,6-9H2,1-2,4-5H3;1H3,(H,2,3,4)/q+1;/p-1. The zero-order valence-electron chi connectivity index (χ0n) is 12.4. The monoisotopic (exact) mass is 295 g/mol. The molecule has 0 aliphatic rings. The van der Waals surface area contributed by atoms with Crippen LogP contribution < -0.4 is 0 Å². The SMILES string of the molecule is C=C(C)C(=O)OCC[N+](C)(CC)CC.CS(=O)(=O)[O-]. The minimum absolute atomic E-state index is 0.288. The van der Waals surface area contributed by atoms with E-state index < -0.39 is 10.1 Å². The van der Waals surface area contributed by atoms with Gasteiger partial charge in [0.15, 0.2) is 0 Å². The van der Waals surface area contributed by atoms with Crippen molar-refractivity contribution in [1.82, 2.24) is 0 Å². The second kappa shape index (κ2) is 9.06. The van der Waals surface area contributed by atoms with Crippen molar-refractivity contribution in [1.29, 1.82) is 0 Å². The molecule has 0 amide bonds. The molecule has 0 saturated carbocycles. The molecule has 7 heteroatoms. The van der Waals surface area contributed by atoms with E-state index in [1.54, 1.807) is 6.92 Å². The molecule has 6 nitrogen and oxygen atoms in total. The van der Waals surface area contributed by atoms with Gasteiger partial charge in [0.05, 0.1) is 30.3 Å². The Balaban J connectivity index is 0. The molecule has 19 heavy (non-hydrogen) atoms. The van der Waals surface area contributed by atoms with E-state index in [-0.39, 0.29) is 5.97 Å². The molecule has 0 bridgehead atoms. The lowest BCUT2D eigenvalue weighted by Crippen LogP contribution is -2.46. The van der Waals surface area contributed by atoms with Gasteiger partial charge >= 0.3 is 5.97 Å². The Morgan fingerprint density at radius 2 is 1.68 bits per heavy atom. The van der Waals surface area contributed by atoms with Crippen LogP contribution >= 0.6 is 0 Å². The molecule has 0 atom stereocenters. The first kappa shape index (κ1) is 20.4. The minimum atomic E-state index is -3.92. The molecule has 0 aromatic heterocycles. The van der Waals surface area contributed by atoms with Crippen LogP contribution in [0.5, 0.6) is 0 Å². The smallest absolute Gasteiger partial charge is 0.333 e. The van der Waals surface area contributed by atoms with Crippen molar-refractivity contribution in [2.45, 2.75) is 20.8 Å². The highest BCUT2D eigenvalue weighted by Crippen LogP contribution is 2.01. The maximum Gasteiger partial charge on any atom is 0.333 e. The molecule has 0 aliphatic carbocycles. The molecule has 0 saturated heterocycles. The fourth-order valence-corrected chi connectivity index (χ4v) is 1.02. The van der Waals surface area contributed by atoms with Gasteiger partial charge in [-0.2, -0.15) is 0 Å². The highest BCUT2D eigenvalue weighted by atomic mass is 32.2. The van der Waals surface area contributed by atoms with Crippen molar-refractivity contribution in [2.24, 2.45) is 0 Å². The van der Waals surface area contributed by atoms with E-state index in [0.29, 0.717) is 18.4 Å². The third-order valence-electron chi connectivity index (χ3n) is 2.74. The zero-order chi connectivity index (χ0) is 15.7.